The van der Waals surface area contributed by atoms with Crippen molar-refractivity contribution < 1.29 is 4.79 Å². The van der Waals surface area contributed by atoms with Crippen molar-refractivity contribution in [3.8, 4) is 0 Å². The van der Waals surface area contributed by atoms with Crippen LogP contribution in [0.1, 0.15) is 11.1 Å². The van der Waals surface area contributed by atoms with Crippen molar-refractivity contribution >= 4 is 23.7 Å². The molecular weight excluding hydrogens is 252 g/mol. The maximum absolute atomic E-state index is 11.1. The smallest absolute Gasteiger partial charge is 0.328 e. The quantitative estimate of drug-likeness (QED) is 0.369. The number of amides is 2. The number of alkyl halides is 1. The first-order chi connectivity index (χ1) is 8.63. The largest absolute Gasteiger partial charge is 0.359 e. The summed E-state index contributed by atoms with van der Waals surface area (Å²) in [6, 6.07) is 7.61. The third kappa shape index (κ3) is 2.94. The van der Waals surface area contributed by atoms with Crippen molar-refractivity contribution in [1.29, 1.82) is 0 Å². The molecule has 96 valence electrons. The van der Waals surface area contributed by atoms with Gasteiger partial charge in [-0.2, -0.15) is 5.43 Å². The first-order valence-electron chi connectivity index (χ1n) is 5.59. The molecule has 1 aromatic carbocycles. The Balaban J connectivity index is 2.12. The van der Waals surface area contributed by atoms with E-state index in [1.807, 2.05) is 30.3 Å². The number of hydrazine groups is 1. The lowest BCUT2D eigenvalue weighted by Gasteiger charge is -2.28. The average Bonchev–Trinajstić information content (AvgIpc) is 2.54. The summed E-state index contributed by atoms with van der Waals surface area (Å²) in [5.74, 6) is 0. The van der Waals surface area contributed by atoms with Gasteiger partial charge in [0.05, 0.1) is 0 Å². The highest BCUT2D eigenvalue weighted by Gasteiger charge is 2.28. The average molecular weight is 267 g/mol. The van der Waals surface area contributed by atoms with Gasteiger partial charge in [0.15, 0.2) is 5.12 Å². The Bertz CT molecular complexity index is 477. The van der Waals surface area contributed by atoms with Crippen molar-refractivity contribution in [3.05, 3.63) is 41.6 Å². The lowest BCUT2D eigenvalue weighted by atomic mass is 10.0. The summed E-state index contributed by atoms with van der Waals surface area (Å²) in [5.41, 5.74) is 7.45. The molecule has 0 saturated heterocycles. The number of hydrogen-bond donors (Lipinski definition) is 4. The standard InChI is InChI=1S/C12H15ClN4O/c1-14-11(18)16-17-12(13)8-10-5-3-2-4-9(10)6-7-15-12/h2-7,15,17H,8H2,1H3,(H2,14,16,18). The van der Waals surface area contributed by atoms with E-state index in [1.165, 1.54) is 7.05 Å². The first kappa shape index (κ1) is 12.7. The zero-order valence-corrected chi connectivity index (χ0v) is 10.7. The minimum Gasteiger partial charge on any atom is -0.359 e. The molecule has 1 aliphatic heterocycles. The van der Waals surface area contributed by atoms with E-state index in [0.717, 1.165) is 11.1 Å². The lowest BCUT2D eigenvalue weighted by molar-refractivity contribution is 0.231. The zero-order valence-electron chi connectivity index (χ0n) is 9.96. The predicted molar refractivity (Wildman–Crippen MR) is 71.6 cm³/mol. The zero-order chi connectivity index (χ0) is 13.0. The van der Waals surface area contributed by atoms with Crippen molar-refractivity contribution in [1.82, 2.24) is 21.5 Å². The van der Waals surface area contributed by atoms with Gasteiger partial charge in [-0.1, -0.05) is 35.9 Å². The van der Waals surface area contributed by atoms with Gasteiger partial charge < -0.3 is 10.6 Å². The molecule has 0 radical (unpaired) electrons. The fourth-order valence-electron chi connectivity index (χ4n) is 1.73. The molecule has 5 nitrogen and oxygen atoms in total. The predicted octanol–water partition coefficient (Wildman–Crippen LogP) is 1.13. The van der Waals surface area contributed by atoms with Crippen LogP contribution in [0.3, 0.4) is 0 Å². The highest BCUT2D eigenvalue weighted by molar-refractivity contribution is 6.23. The molecule has 0 aliphatic carbocycles. The maximum atomic E-state index is 11.1. The molecular formula is C12H15ClN4O. The van der Waals surface area contributed by atoms with Crippen molar-refractivity contribution in [2.75, 3.05) is 7.05 Å². The van der Waals surface area contributed by atoms with E-state index in [4.69, 9.17) is 11.6 Å². The molecule has 1 atom stereocenters. The van der Waals surface area contributed by atoms with Crippen LogP contribution in [0.5, 0.6) is 0 Å². The number of carbonyl (C=O) groups excluding carboxylic acids is 1. The Morgan fingerprint density at radius 1 is 1.44 bits per heavy atom. The summed E-state index contributed by atoms with van der Waals surface area (Å²) in [5, 5.41) is 4.51. The van der Waals surface area contributed by atoms with Crippen LogP contribution in [0.15, 0.2) is 30.5 Å². The number of benzene rings is 1. The molecule has 0 spiro atoms. The number of rotatable bonds is 2. The minimum atomic E-state index is -0.949. The van der Waals surface area contributed by atoms with Crippen molar-refractivity contribution in [2.24, 2.45) is 0 Å². The molecule has 1 unspecified atom stereocenters. The number of carbonyl (C=O) groups is 1. The van der Waals surface area contributed by atoms with E-state index in [9.17, 15) is 4.79 Å². The van der Waals surface area contributed by atoms with E-state index in [-0.39, 0.29) is 6.03 Å². The van der Waals surface area contributed by atoms with E-state index in [0.29, 0.717) is 6.42 Å². The maximum Gasteiger partial charge on any atom is 0.328 e. The van der Waals surface area contributed by atoms with Crippen LogP contribution in [-0.4, -0.2) is 18.2 Å². The Kier molecular flexibility index (Phi) is 3.74. The first-order valence-corrected chi connectivity index (χ1v) is 5.97. The monoisotopic (exact) mass is 266 g/mol. The van der Waals surface area contributed by atoms with Crippen LogP contribution in [-0.2, 0) is 6.42 Å². The van der Waals surface area contributed by atoms with Gasteiger partial charge in [-0.3, -0.25) is 5.43 Å². The molecule has 1 heterocycles. The molecule has 2 rings (SSSR count). The van der Waals surface area contributed by atoms with Gasteiger partial charge in [-0.25, -0.2) is 4.79 Å². The number of halogens is 1. The van der Waals surface area contributed by atoms with E-state index < -0.39 is 5.12 Å². The molecule has 0 saturated carbocycles. The van der Waals surface area contributed by atoms with E-state index >= 15 is 0 Å². The van der Waals surface area contributed by atoms with Gasteiger partial charge in [-0.05, 0) is 23.4 Å². The van der Waals surface area contributed by atoms with Crippen LogP contribution in [0.25, 0.3) is 6.08 Å². The molecule has 1 aromatic rings. The molecule has 18 heavy (non-hydrogen) atoms. The molecule has 0 fully saturated rings. The van der Waals surface area contributed by atoms with Gasteiger partial charge in [0.25, 0.3) is 0 Å². The lowest BCUT2D eigenvalue weighted by Crippen LogP contribution is -2.59. The second-order valence-corrected chi connectivity index (χ2v) is 4.63. The normalized spacial score (nSPS) is 21.4. The SMILES string of the molecule is CNC(=O)NNC1(Cl)Cc2ccccc2C=CN1. The molecule has 4 N–H and O–H groups in total. The molecule has 0 aromatic heterocycles. The molecule has 6 heteroatoms. The second kappa shape index (κ2) is 5.29. The molecule has 0 bridgehead atoms. The summed E-state index contributed by atoms with van der Waals surface area (Å²) in [6.45, 7) is 0. The number of urea groups is 1. The van der Waals surface area contributed by atoms with Gasteiger partial charge in [-0.15, -0.1) is 0 Å². The summed E-state index contributed by atoms with van der Waals surface area (Å²) >= 11 is 6.39. The third-order valence-corrected chi connectivity index (χ3v) is 3.00. The fourth-order valence-corrected chi connectivity index (χ4v) is 1.99. The van der Waals surface area contributed by atoms with Gasteiger partial charge in [0.1, 0.15) is 0 Å². The number of nitrogens with one attached hydrogen (secondary N) is 4. The topological polar surface area (TPSA) is 65.2 Å². The Labute approximate surface area is 111 Å². The van der Waals surface area contributed by atoms with E-state index in [2.05, 4.69) is 21.5 Å². The molecule has 2 amide bonds. The summed E-state index contributed by atoms with van der Waals surface area (Å²) in [6.07, 6.45) is 4.24. The fraction of sp³-hybridized carbons (Fsp3) is 0.250. The van der Waals surface area contributed by atoms with Crippen LogP contribution < -0.4 is 21.5 Å². The van der Waals surface area contributed by atoms with Crippen LogP contribution in [0, 0.1) is 0 Å². The summed E-state index contributed by atoms with van der Waals surface area (Å²) in [4.78, 5) is 11.1. The third-order valence-electron chi connectivity index (χ3n) is 2.67. The minimum absolute atomic E-state index is 0.349. The molecule has 1 aliphatic rings. The van der Waals surface area contributed by atoms with Gasteiger partial charge in [0, 0.05) is 13.5 Å². The highest BCUT2D eigenvalue weighted by Crippen LogP contribution is 2.22. The number of fused-ring (bicyclic) bond motifs is 1. The summed E-state index contributed by atoms with van der Waals surface area (Å²) < 4.78 is 0. The van der Waals surface area contributed by atoms with Crippen molar-refractivity contribution in [3.63, 3.8) is 0 Å². The second-order valence-electron chi connectivity index (χ2n) is 3.98. The number of hydrogen-bond acceptors (Lipinski definition) is 3. The van der Waals surface area contributed by atoms with Crippen LogP contribution >= 0.6 is 11.6 Å². The Morgan fingerprint density at radius 3 is 3.00 bits per heavy atom. The van der Waals surface area contributed by atoms with Crippen molar-refractivity contribution in [2.45, 2.75) is 11.5 Å². The van der Waals surface area contributed by atoms with Gasteiger partial charge in [0.2, 0.25) is 0 Å². The summed E-state index contributed by atoms with van der Waals surface area (Å²) in [7, 11) is 1.54. The highest BCUT2D eigenvalue weighted by atomic mass is 35.5. The van der Waals surface area contributed by atoms with Crippen LogP contribution in [0.2, 0.25) is 0 Å². The van der Waals surface area contributed by atoms with Crippen LogP contribution in [0.4, 0.5) is 4.79 Å². The van der Waals surface area contributed by atoms with Gasteiger partial charge >= 0.3 is 6.03 Å². The van der Waals surface area contributed by atoms with E-state index in [1.54, 1.807) is 6.20 Å². The Morgan fingerprint density at radius 2 is 2.22 bits per heavy atom. The Hall–Kier alpha value is -1.72.